The summed E-state index contributed by atoms with van der Waals surface area (Å²) in [5, 5.41) is 0. The van der Waals surface area contributed by atoms with Crippen LogP contribution in [0.15, 0.2) is 24.3 Å². The van der Waals surface area contributed by atoms with Crippen LogP contribution in [-0.2, 0) is 9.53 Å². The summed E-state index contributed by atoms with van der Waals surface area (Å²) in [5.74, 6) is -0.475. The highest BCUT2D eigenvalue weighted by Gasteiger charge is 2.22. The summed E-state index contributed by atoms with van der Waals surface area (Å²) in [7, 11) is 0. The van der Waals surface area contributed by atoms with E-state index in [2.05, 4.69) is 0 Å². The van der Waals surface area contributed by atoms with Crippen LogP contribution in [0.5, 0.6) is 0 Å². The summed E-state index contributed by atoms with van der Waals surface area (Å²) < 4.78 is 22.1. The molecule has 19 heavy (non-hydrogen) atoms. The van der Waals surface area contributed by atoms with E-state index in [1.165, 1.54) is 24.3 Å². The topological polar surface area (TPSA) is 32.8 Å². The molecular weight excluding hydrogens is 267 g/mol. The molecular formula is C13H17FN2O2S. The van der Waals surface area contributed by atoms with E-state index in [0.29, 0.717) is 6.61 Å². The van der Waals surface area contributed by atoms with Crippen molar-refractivity contribution in [1.29, 1.82) is 0 Å². The number of carbonyl (C=O) groups is 1. The van der Waals surface area contributed by atoms with Crippen molar-refractivity contribution in [3.8, 4) is 0 Å². The van der Waals surface area contributed by atoms with Crippen molar-refractivity contribution in [2.45, 2.75) is 13.3 Å². The molecule has 0 N–H and O–H groups in total. The molecule has 4 nitrogen and oxygen atoms in total. The molecule has 104 valence electrons. The van der Waals surface area contributed by atoms with Gasteiger partial charge in [0.05, 0.1) is 12.3 Å². The molecule has 0 bridgehead atoms. The van der Waals surface area contributed by atoms with Gasteiger partial charge in [-0.1, -0.05) is 6.07 Å². The number of hydrogen-bond donors (Lipinski definition) is 0. The van der Waals surface area contributed by atoms with E-state index in [4.69, 9.17) is 4.74 Å². The fraction of sp³-hybridized carbons (Fsp3) is 0.462. The molecule has 0 saturated carbocycles. The van der Waals surface area contributed by atoms with Crippen LogP contribution in [0.3, 0.4) is 0 Å². The molecule has 1 aliphatic rings. The third-order valence-electron chi connectivity index (χ3n) is 2.69. The van der Waals surface area contributed by atoms with Crippen molar-refractivity contribution in [1.82, 2.24) is 4.31 Å². The lowest BCUT2D eigenvalue weighted by atomic mass is 10.3. The van der Waals surface area contributed by atoms with E-state index in [1.54, 1.807) is 13.0 Å². The molecule has 6 heteroatoms. The Labute approximate surface area is 116 Å². The van der Waals surface area contributed by atoms with E-state index < -0.39 is 0 Å². The smallest absolute Gasteiger partial charge is 0.321 e. The summed E-state index contributed by atoms with van der Waals surface area (Å²) in [6, 6.07) is 6.48. The third-order valence-corrected chi connectivity index (χ3v) is 3.82. The van der Waals surface area contributed by atoms with Crippen LogP contribution in [0.4, 0.5) is 10.1 Å². The first-order valence-corrected chi connectivity index (χ1v) is 7.04. The molecule has 0 unspecified atom stereocenters. The first-order valence-electron chi connectivity index (χ1n) is 6.31. The number of halogens is 1. The quantitative estimate of drug-likeness (QED) is 0.626. The minimum atomic E-state index is -0.249. The minimum absolute atomic E-state index is 0.226. The molecule has 0 radical (unpaired) electrons. The average molecular weight is 284 g/mol. The molecule has 0 aliphatic carbocycles. The Balaban J connectivity index is 1.95. The van der Waals surface area contributed by atoms with E-state index in [0.717, 1.165) is 25.2 Å². The van der Waals surface area contributed by atoms with E-state index >= 15 is 0 Å². The molecule has 0 aromatic heterocycles. The average Bonchev–Trinajstić information content (AvgIpc) is 2.39. The predicted molar refractivity (Wildman–Crippen MR) is 74.2 cm³/mol. The maximum absolute atomic E-state index is 13.2. The van der Waals surface area contributed by atoms with Crippen molar-refractivity contribution in [2.24, 2.45) is 0 Å². The zero-order valence-electron chi connectivity index (χ0n) is 10.8. The van der Waals surface area contributed by atoms with Gasteiger partial charge in [-0.05, 0) is 31.5 Å². The fourth-order valence-corrected chi connectivity index (χ4v) is 2.95. The Hall–Kier alpha value is -1.27. The van der Waals surface area contributed by atoms with Gasteiger partial charge in [0.25, 0.3) is 0 Å². The molecule has 1 aromatic carbocycles. The standard InChI is InChI=1S/C13H17FN2O2S/c1-2-18-13(17)10-15-7-4-8-16(19-15)12-6-3-5-11(14)9-12/h3,5-6,9H,2,4,7-8,10H2,1H3. The lowest BCUT2D eigenvalue weighted by Gasteiger charge is -2.34. The molecule has 1 fully saturated rings. The van der Waals surface area contributed by atoms with Crippen LogP contribution < -0.4 is 4.31 Å². The first kappa shape index (κ1) is 14.1. The Bertz CT molecular complexity index is 444. The fourth-order valence-electron chi connectivity index (χ4n) is 1.88. The van der Waals surface area contributed by atoms with Gasteiger partial charge in [-0.3, -0.25) is 4.79 Å². The van der Waals surface area contributed by atoms with Crippen molar-refractivity contribution >= 4 is 23.8 Å². The SMILES string of the molecule is CCOC(=O)CN1CCCN(c2cccc(F)c2)S1. The van der Waals surface area contributed by atoms with E-state index in [-0.39, 0.29) is 18.3 Å². The van der Waals surface area contributed by atoms with Crippen LogP contribution >= 0.6 is 12.1 Å². The van der Waals surface area contributed by atoms with E-state index in [9.17, 15) is 9.18 Å². The van der Waals surface area contributed by atoms with Crippen LogP contribution in [0.2, 0.25) is 0 Å². The van der Waals surface area contributed by atoms with Gasteiger partial charge in [0.1, 0.15) is 12.4 Å². The van der Waals surface area contributed by atoms with Crippen molar-refractivity contribution in [3.05, 3.63) is 30.1 Å². The maximum atomic E-state index is 13.2. The highest BCUT2D eigenvalue weighted by Crippen LogP contribution is 2.29. The zero-order chi connectivity index (χ0) is 13.7. The monoisotopic (exact) mass is 284 g/mol. The van der Waals surface area contributed by atoms with Crippen LogP contribution in [0.1, 0.15) is 13.3 Å². The normalized spacial score (nSPS) is 16.4. The molecule has 0 amide bonds. The first-order chi connectivity index (χ1) is 9.19. The van der Waals surface area contributed by atoms with Gasteiger partial charge < -0.3 is 9.04 Å². The number of benzene rings is 1. The Morgan fingerprint density at radius 3 is 3.05 bits per heavy atom. The van der Waals surface area contributed by atoms with Gasteiger partial charge in [0.15, 0.2) is 0 Å². The van der Waals surface area contributed by atoms with E-state index in [1.807, 2.05) is 14.7 Å². The third kappa shape index (κ3) is 4.11. The molecule has 1 heterocycles. The highest BCUT2D eigenvalue weighted by molar-refractivity contribution is 7.98. The van der Waals surface area contributed by atoms with Gasteiger partial charge in [-0.25, -0.2) is 8.70 Å². The second kappa shape index (κ2) is 6.77. The van der Waals surface area contributed by atoms with Crippen molar-refractivity contribution in [3.63, 3.8) is 0 Å². The number of carbonyl (C=O) groups excluding carboxylic acids is 1. The van der Waals surface area contributed by atoms with Gasteiger partial charge in [0.2, 0.25) is 0 Å². The molecule has 0 atom stereocenters. The van der Waals surface area contributed by atoms with Crippen molar-refractivity contribution < 1.29 is 13.9 Å². The van der Waals surface area contributed by atoms with Gasteiger partial charge in [-0.2, -0.15) is 0 Å². The summed E-state index contributed by atoms with van der Waals surface area (Å²) in [4.78, 5) is 11.5. The largest absolute Gasteiger partial charge is 0.465 e. The maximum Gasteiger partial charge on any atom is 0.321 e. The molecule has 2 rings (SSSR count). The number of anilines is 1. The summed E-state index contributed by atoms with van der Waals surface area (Å²) in [6.07, 6.45) is 0.933. The van der Waals surface area contributed by atoms with Crippen LogP contribution in [-0.4, -0.2) is 36.5 Å². The molecule has 1 aliphatic heterocycles. The summed E-state index contributed by atoms with van der Waals surface area (Å²) >= 11 is 1.45. The number of nitrogens with zero attached hydrogens (tertiary/aromatic N) is 2. The molecule has 1 aromatic rings. The summed E-state index contributed by atoms with van der Waals surface area (Å²) in [5.41, 5.74) is 0.818. The van der Waals surface area contributed by atoms with Crippen molar-refractivity contribution in [2.75, 3.05) is 30.5 Å². The summed E-state index contributed by atoms with van der Waals surface area (Å²) in [6.45, 7) is 4.11. The van der Waals surface area contributed by atoms with Crippen LogP contribution in [0.25, 0.3) is 0 Å². The second-order valence-corrected chi connectivity index (χ2v) is 5.31. The van der Waals surface area contributed by atoms with Crippen LogP contribution in [0, 0.1) is 5.82 Å². The number of hydrogen-bond acceptors (Lipinski definition) is 5. The molecule has 0 spiro atoms. The number of ether oxygens (including phenoxy) is 1. The Kier molecular flexibility index (Phi) is 5.04. The lowest BCUT2D eigenvalue weighted by molar-refractivity contribution is -0.143. The zero-order valence-corrected chi connectivity index (χ0v) is 11.7. The molecule has 1 saturated heterocycles. The Morgan fingerprint density at radius 1 is 1.47 bits per heavy atom. The minimum Gasteiger partial charge on any atom is -0.465 e. The van der Waals surface area contributed by atoms with Gasteiger partial charge >= 0.3 is 5.97 Å². The second-order valence-electron chi connectivity index (χ2n) is 4.19. The highest BCUT2D eigenvalue weighted by atomic mass is 32.2. The Morgan fingerprint density at radius 2 is 2.32 bits per heavy atom. The number of rotatable bonds is 4. The number of esters is 1. The van der Waals surface area contributed by atoms with Gasteiger partial charge in [-0.15, -0.1) is 0 Å². The van der Waals surface area contributed by atoms with Gasteiger partial charge in [0, 0.05) is 25.2 Å². The predicted octanol–water partition coefficient (Wildman–Crippen LogP) is 2.46. The lowest BCUT2D eigenvalue weighted by Crippen LogP contribution is -2.37.